The van der Waals surface area contributed by atoms with E-state index in [0.29, 0.717) is 34.7 Å². The average molecular weight is 559 g/mol. The first-order chi connectivity index (χ1) is 18.0. The second-order valence-electron chi connectivity index (χ2n) is 9.76. The topological polar surface area (TPSA) is 68.2 Å². The lowest BCUT2D eigenvalue weighted by Gasteiger charge is -2.37. The summed E-state index contributed by atoms with van der Waals surface area (Å²) in [5.41, 5.74) is 1.78. The molecule has 1 saturated carbocycles. The first kappa shape index (κ1) is 23.9. The number of hydrogen-bond acceptors (Lipinski definition) is 5. The number of carbonyl (C=O) groups is 2. The Bertz CT molecular complexity index is 1410. The van der Waals surface area contributed by atoms with Crippen LogP contribution in [0.5, 0.6) is 11.5 Å². The summed E-state index contributed by atoms with van der Waals surface area (Å²) < 4.78 is 12.8. The number of hydrazone groups is 1. The van der Waals surface area contributed by atoms with Crippen LogP contribution in [0.15, 0.2) is 76.3 Å². The van der Waals surface area contributed by atoms with E-state index in [9.17, 15) is 9.59 Å². The lowest BCUT2D eigenvalue weighted by molar-refractivity contribution is -0.140. The van der Waals surface area contributed by atoms with Gasteiger partial charge in [-0.2, -0.15) is 10.1 Å². The molecule has 2 fully saturated rings. The summed E-state index contributed by atoms with van der Waals surface area (Å²) in [7, 11) is 0. The van der Waals surface area contributed by atoms with Gasteiger partial charge in [0.05, 0.1) is 29.1 Å². The van der Waals surface area contributed by atoms with Gasteiger partial charge in [-0.05, 0) is 81.6 Å². The molecule has 7 rings (SSSR count). The summed E-state index contributed by atoms with van der Waals surface area (Å²) >= 11 is 3.62. The molecule has 0 radical (unpaired) electrons. The van der Waals surface area contributed by atoms with Crippen LogP contribution >= 0.6 is 15.9 Å². The van der Waals surface area contributed by atoms with Gasteiger partial charge in [0.25, 0.3) is 11.8 Å². The Kier molecular flexibility index (Phi) is 6.32. The number of ether oxygens (including phenoxy) is 2. The Morgan fingerprint density at radius 1 is 0.973 bits per heavy atom. The zero-order valence-electron chi connectivity index (χ0n) is 20.5. The van der Waals surface area contributed by atoms with Gasteiger partial charge in [-0.15, -0.1) is 0 Å². The number of allylic oxidation sites excluding steroid dienone is 2. The van der Waals surface area contributed by atoms with E-state index in [1.54, 1.807) is 6.21 Å². The highest BCUT2D eigenvalue weighted by molar-refractivity contribution is 9.10. The van der Waals surface area contributed by atoms with Gasteiger partial charge in [-0.1, -0.05) is 54.6 Å². The molecule has 3 aliphatic carbocycles. The molecular weight excluding hydrogens is 532 g/mol. The number of carbonyl (C=O) groups excluding carboxylic acids is 2. The van der Waals surface area contributed by atoms with E-state index >= 15 is 0 Å². The molecule has 3 aromatic rings. The molecule has 0 aromatic heterocycles. The molecule has 3 aromatic carbocycles. The molecule has 0 N–H and O–H groups in total. The van der Waals surface area contributed by atoms with Crippen molar-refractivity contribution in [2.24, 2.45) is 28.8 Å². The molecule has 1 heterocycles. The first-order valence-electron chi connectivity index (χ1n) is 12.7. The Morgan fingerprint density at radius 2 is 1.68 bits per heavy atom. The predicted octanol–water partition coefficient (Wildman–Crippen LogP) is 6.11. The minimum atomic E-state index is -0.274. The van der Waals surface area contributed by atoms with Crippen molar-refractivity contribution in [3.63, 3.8) is 0 Å². The predicted molar refractivity (Wildman–Crippen MR) is 145 cm³/mol. The van der Waals surface area contributed by atoms with Gasteiger partial charge in [0, 0.05) is 0 Å². The van der Waals surface area contributed by atoms with Gasteiger partial charge in [-0.25, -0.2) is 0 Å². The smallest absolute Gasteiger partial charge is 0.254 e. The number of hydrogen-bond donors (Lipinski definition) is 0. The van der Waals surface area contributed by atoms with E-state index in [4.69, 9.17) is 9.47 Å². The molecule has 2 amide bonds. The van der Waals surface area contributed by atoms with Crippen molar-refractivity contribution in [3.05, 3.63) is 82.3 Å². The lowest BCUT2D eigenvalue weighted by Crippen LogP contribution is -2.38. The minimum absolute atomic E-state index is 0.142. The highest BCUT2D eigenvalue weighted by Crippen LogP contribution is 2.49. The molecule has 1 aliphatic heterocycles. The van der Waals surface area contributed by atoms with Crippen LogP contribution in [0, 0.1) is 23.7 Å². The van der Waals surface area contributed by atoms with Crippen LogP contribution in [-0.4, -0.2) is 29.6 Å². The van der Waals surface area contributed by atoms with Crippen molar-refractivity contribution in [2.45, 2.75) is 26.4 Å². The normalized spacial score (nSPS) is 24.3. The molecule has 2 bridgehead atoms. The minimum Gasteiger partial charge on any atom is -0.490 e. The van der Waals surface area contributed by atoms with Gasteiger partial charge in [0.15, 0.2) is 11.5 Å². The largest absolute Gasteiger partial charge is 0.490 e. The summed E-state index contributed by atoms with van der Waals surface area (Å²) in [6, 6.07) is 18.1. The van der Waals surface area contributed by atoms with Crippen LogP contribution in [0.1, 0.15) is 30.9 Å². The van der Waals surface area contributed by atoms with Gasteiger partial charge < -0.3 is 9.47 Å². The van der Waals surface area contributed by atoms with Crippen molar-refractivity contribution >= 4 is 44.7 Å². The van der Waals surface area contributed by atoms with Crippen LogP contribution in [-0.2, 0) is 16.2 Å². The number of nitrogens with zero attached hydrogens (tertiary/aromatic N) is 2. The molecule has 4 atom stereocenters. The highest BCUT2D eigenvalue weighted by Gasteiger charge is 2.56. The fraction of sp³-hybridized carbons (Fsp3) is 0.300. The van der Waals surface area contributed by atoms with E-state index in [-0.39, 0.29) is 35.5 Å². The second-order valence-corrected chi connectivity index (χ2v) is 10.6. The Morgan fingerprint density at radius 3 is 2.38 bits per heavy atom. The number of halogens is 1. The van der Waals surface area contributed by atoms with Crippen LogP contribution < -0.4 is 9.47 Å². The van der Waals surface area contributed by atoms with E-state index in [2.05, 4.69) is 57.4 Å². The Balaban J connectivity index is 1.24. The molecule has 37 heavy (non-hydrogen) atoms. The summed E-state index contributed by atoms with van der Waals surface area (Å²) in [5.74, 6) is 0.510. The molecule has 4 aliphatic rings. The summed E-state index contributed by atoms with van der Waals surface area (Å²) in [5, 5.41) is 7.72. The standard InChI is InChI=1S/C30H27BrN2O4/c1-2-36-25-15-18(16-32-33-29(34)26-20-10-11-21(13-12-20)27(26)30(33)35)14-24(31)28(25)37-17-22-8-5-7-19-6-3-4-9-23(19)22/h3-11,14-16,20-21,26-27H,2,12-13,17H2,1H3/b32-16-/t20-,21-,26+,27+/m0/s1. The zero-order chi connectivity index (χ0) is 25.5. The number of fused-ring (bicyclic) bond motifs is 2. The second kappa shape index (κ2) is 9.78. The van der Waals surface area contributed by atoms with E-state index in [1.165, 1.54) is 0 Å². The molecule has 0 spiro atoms. The molecule has 188 valence electrons. The average Bonchev–Trinajstić information content (AvgIpc) is 3.19. The van der Waals surface area contributed by atoms with Crippen LogP contribution in [0.25, 0.3) is 10.8 Å². The van der Waals surface area contributed by atoms with Gasteiger partial charge in [-0.3, -0.25) is 9.59 Å². The summed E-state index contributed by atoms with van der Waals surface area (Å²) in [6.45, 7) is 2.75. The lowest BCUT2D eigenvalue weighted by atomic mass is 9.63. The van der Waals surface area contributed by atoms with Crippen molar-refractivity contribution < 1.29 is 19.1 Å². The van der Waals surface area contributed by atoms with Crippen molar-refractivity contribution in [1.29, 1.82) is 0 Å². The van der Waals surface area contributed by atoms with Crippen molar-refractivity contribution in [1.82, 2.24) is 5.01 Å². The maximum Gasteiger partial charge on any atom is 0.254 e. The number of benzene rings is 3. The zero-order valence-corrected chi connectivity index (χ0v) is 22.1. The molecular formula is C30H27BrN2O4. The maximum atomic E-state index is 13.1. The van der Waals surface area contributed by atoms with Crippen LogP contribution in [0.3, 0.4) is 0 Å². The fourth-order valence-corrected chi connectivity index (χ4v) is 6.50. The highest BCUT2D eigenvalue weighted by atomic mass is 79.9. The van der Waals surface area contributed by atoms with E-state index in [0.717, 1.165) is 34.2 Å². The Hall–Kier alpha value is -3.45. The Labute approximate surface area is 224 Å². The number of rotatable bonds is 7. The summed E-state index contributed by atoms with van der Waals surface area (Å²) in [4.78, 5) is 26.1. The first-order valence-corrected chi connectivity index (χ1v) is 13.5. The fourth-order valence-electron chi connectivity index (χ4n) is 5.93. The third-order valence-corrected chi connectivity index (χ3v) is 8.23. The maximum absolute atomic E-state index is 13.1. The molecule has 1 saturated heterocycles. The molecule has 6 nitrogen and oxygen atoms in total. The summed E-state index contributed by atoms with van der Waals surface area (Å²) in [6.07, 6.45) is 7.68. The van der Waals surface area contributed by atoms with Crippen molar-refractivity contribution in [3.8, 4) is 11.5 Å². The van der Waals surface area contributed by atoms with Gasteiger partial charge >= 0.3 is 0 Å². The van der Waals surface area contributed by atoms with Gasteiger partial charge in [0.1, 0.15) is 6.61 Å². The number of imide groups is 1. The third-order valence-electron chi connectivity index (χ3n) is 7.64. The van der Waals surface area contributed by atoms with E-state index in [1.807, 2.05) is 37.3 Å². The quantitative estimate of drug-likeness (QED) is 0.199. The van der Waals surface area contributed by atoms with Gasteiger partial charge in [0.2, 0.25) is 0 Å². The monoisotopic (exact) mass is 558 g/mol. The third kappa shape index (κ3) is 4.25. The van der Waals surface area contributed by atoms with Crippen molar-refractivity contribution in [2.75, 3.05) is 6.61 Å². The number of amides is 2. The molecule has 0 unspecified atom stereocenters. The molecule has 7 heteroatoms. The van der Waals surface area contributed by atoms with E-state index < -0.39 is 0 Å². The van der Waals surface area contributed by atoms with Crippen LogP contribution in [0.4, 0.5) is 0 Å². The van der Waals surface area contributed by atoms with Crippen LogP contribution in [0.2, 0.25) is 0 Å². The SMILES string of the molecule is CCOc1cc(/C=N\N2C(=O)[C@H]3[C@H](C2=O)[C@H]2C=C[C@H]3CC2)cc(Br)c1OCc1cccc2ccccc12.